The molecule has 0 radical (unpaired) electrons. The molecular formula is C19H32N6O2. The zero-order valence-corrected chi connectivity index (χ0v) is 17.5. The Morgan fingerprint density at radius 2 is 1.85 bits per heavy atom. The first-order chi connectivity index (χ1) is 12.5. The monoisotopic (exact) mass is 376 g/mol. The normalized spacial score (nSPS) is 22.3. The SMILES string of the molecule is CC1CN(C(C)(C)CNc2nc3c(cnn3C(C)(C)C)c(=O)[nH]2)CC(C)O1. The van der Waals surface area contributed by atoms with Crippen LogP contribution in [0.4, 0.5) is 5.95 Å². The van der Waals surface area contributed by atoms with E-state index < -0.39 is 0 Å². The number of aromatic amines is 1. The molecule has 2 atom stereocenters. The molecule has 27 heavy (non-hydrogen) atoms. The average molecular weight is 377 g/mol. The van der Waals surface area contributed by atoms with E-state index in [1.807, 2.05) is 20.8 Å². The fourth-order valence-corrected chi connectivity index (χ4v) is 3.58. The zero-order chi connectivity index (χ0) is 20.0. The second-order valence-electron chi connectivity index (χ2n) is 9.21. The fourth-order valence-electron chi connectivity index (χ4n) is 3.58. The molecule has 0 aliphatic carbocycles. The van der Waals surface area contributed by atoms with Gasteiger partial charge >= 0.3 is 0 Å². The first kappa shape index (κ1) is 19.8. The Morgan fingerprint density at radius 1 is 1.22 bits per heavy atom. The molecule has 8 heteroatoms. The number of hydrogen-bond acceptors (Lipinski definition) is 6. The predicted octanol–water partition coefficient (Wildman–Crippen LogP) is 2.17. The van der Waals surface area contributed by atoms with E-state index in [1.54, 1.807) is 10.9 Å². The van der Waals surface area contributed by atoms with E-state index in [0.717, 1.165) is 13.1 Å². The lowest BCUT2D eigenvalue weighted by Gasteiger charge is -2.45. The van der Waals surface area contributed by atoms with Crippen molar-refractivity contribution in [2.24, 2.45) is 0 Å². The summed E-state index contributed by atoms with van der Waals surface area (Å²) in [5, 5.41) is 8.18. The molecule has 2 aromatic rings. The first-order valence-electron chi connectivity index (χ1n) is 9.60. The summed E-state index contributed by atoms with van der Waals surface area (Å²) < 4.78 is 7.63. The van der Waals surface area contributed by atoms with Gasteiger partial charge in [-0.05, 0) is 48.5 Å². The van der Waals surface area contributed by atoms with Gasteiger partial charge in [-0.1, -0.05) is 0 Å². The summed E-state index contributed by atoms with van der Waals surface area (Å²) in [6, 6.07) is 0. The molecule has 0 saturated carbocycles. The molecule has 0 spiro atoms. The van der Waals surface area contributed by atoms with Crippen molar-refractivity contribution in [1.82, 2.24) is 24.6 Å². The molecule has 1 fully saturated rings. The minimum Gasteiger partial charge on any atom is -0.373 e. The van der Waals surface area contributed by atoms with Gasteiger partial charge in [0.1, 0.15) is 5.39 Å². The van der Waals surface area contributed by atoms with E-state index in [1.165, 1.54) is 0 Å². The maximum atomic E-state index is 12.4. The largest absolute Gasteiger partial charge is 0.373 e. The van der Waals surface area contributed by atoms with Crippen molar-refractivity contribution in [3.8, 4) is 0 Å². The minimum absolute atomic E-state index is 0.107. The van der Waals surface area contributed by atoms with Crippen molar-refractivity contribution in [2.75, 3.05) is 25.0 Å². The summed E-state index contributed by atoms with van der Waals surface area (Å²) in [6.45, 7) is 17.2. The molecular weight excluding hydrogens is 344 g/mol. The van der Waals surface area contributed by atoms with Crippen molar-refractivity contribution >= 4 is 17.0 Å². The highest BCUT2D eigenvalue weighted by Crippen LogP contribution is 2.22. The van der Waals surface area contributed by atoms with E-state index in [-0.39, 0.29) is 28.8 Å². The second-order valence-corrected chi connectivity index (χ2v) is 9.21. The van der Waals surface area contributed by atoms with Crippen LogP contribution in [0.2, 0.25) is 0 Å². The summed E-state index contributed by atoms with van der Waals surface area (Å²) in [4.78, 5) is 22.3. The predicted molar refractivity (Wildman–Crippen MR) is 107 cm³/mol. The van der Waals surface area contributed by atoms with E-state index in [4.69, 9.17) is 4.74 Å². The third-order valence-electron chi connectivity index (χ3n) is 5.04. The highest BCUT2D eigenvalue weighted by Gasteiger charge is 2.33. The van der Waals surface area contributed by atoms with E-state index in [9.17, 15) is 4.79 Å². The van der Waals surface area contributed by atoms with Gasteiger partial charge in [0.15, 0.2) is 5.65 Å². The molecule has 1 aliphatic rings. The van der Waals surface area contributed by atoms with Crippen LogP contribution in [0.1, 0.15) is 48.5 Å². The highest BCUT2D eigenvalue weighted by molar-refractivity contribution is 5.74. The number of morpholine rings is 1. The topological polar surface area (TPSA) is 88.1 Å². The number of rotatable bonds is 4. The zero-order valence-electron chi connectivity index (χ0n) is 17.5. The Bertz CT molecular complexity index is 853. The van der Waals surface area contributed by atoms with Crippen LogP contribution in [-0.2, 0) is 10.3 Å². The van der Waals surface area contributed by atoms with Crippen molar-refractivity contribution in [1.29, 1.82) is 0 Å². The maximum absolute atomic E-state index is 12.4. The standard InChI is InChI=1S/C19H32N6O2/c1-12-9-24(10-13(2)27-12)19(6,7)11-20-17-22-15-14(16(26)23-17)8-21-25(15)18(3,4)5/h8,12-13H,9-11H2,1-7H3,(H2,20,22,23,26). The second kappa shape index (κ2) is 6.91. The van der Waals surface area contributed by atoms with Gasteiger partial charge in [0.2, 0.25) is 5.95 Å². The van der Waals surface area contributed by atoms with Crippen LogP contribution in [0.15, 0.2) is 11.0 Å². The smallest absolute Gasteiger partial charge is 0.263 e. The number of H-pyrrole nitrogens is 1. The molecule has 3 heterocycles. The number of aromatic nitrogens is 4. The maximum Gasteiger partial charge on any atom is 0.263 e. The van der Waals surface area contributed by atoms with Gasteiger partial charge in [-0.25, -0.2) is 4.68 Å². The quantitative estimate of drug-likeness (QED) is 0.850. The van der Waals surface area contributed by atoms with Gasteiger partial charge in [0.25, 0.3) is 5.56 Å². The number of anilines is 1. The molecule has 2 N–H and O–H groups in total. The fraction of sp³-hybridized carbons (Fsp3) is 0.737. The Labute approximate surface area is 160 Å². The van der Waals surface area contributed by atoms with Gasteiger partial charge in [0, 0.05) is 25.2 Å². The Morgan fingerprint density at radius 3 is 2.44 bits per heavy atom. The number of hydrogen-bond donors (Lipinski definition) is 2. The van der Waals surface area contributed by atoms with Crippen LogP contribution in [0, 0.1) is 0 Å². The Balaban J connectivity index is 1.81. The van der Waals surface area contributed by atoms with E-state index in [0.29, 0.717) is 23.5 Å². The minimum atomic E-state index is -0.251. The summed E-state index contributed by atoms with van der Waals surface area (Å²) in [6.07, 6.45) is 2.00. The van der Waals surface area contributed by atoms with Crippen molar-refractivity contribution in [2.45, 2.75) is 71.8 Å². The molecule has 2 aromatic heterocycles. The third-order valence-corrected chi connectivity index (χ3v) is 5.04. The number of nitrogens with one attached hydrogen (secondary N) is 2. The Kier molecular flexibility index (Phi) is 5.07. The number of fused-ring (bicyclic) bond motifs is 1. The van der Waals surface area contributed by atoms with Gasteiger partial charge in [0.05, 0.1) is 23.9 Å². The van der Waals surface area contributed by atoms with Crippen LogP contribution in [0.5, 0.6) is 0 Å². The molecule has 1 aliphatic heterocycles. The van der Waals surface area contributed by atoms with Crippen molar-refractivity contribution in [3.05, 3.63) is 16.6 Å². The van der Waals surface area contributed by atoms with Crippen LogP contribution < -0.4 is 10.9 Å². The molecule has 8 nitrogen and oxygen atoms in total. The number of nitrogens with zero attached hydrogens (tertiary/aromatic N) is 4. The molecule has 0 amide bonds. The van der Waals surface area contributed by atoms with Crippen LogP contribution >= 0.6 is 0 Å². The van der Waals surface area contributed by atoms with E-state index in [2.05, 4.69) is 53.0 Å². The van der Waals surface area contributed by atoms with Gasteiger partial charge < -0.3 is 10.1 Å². The Hall–Kier alpha value is -1.93. The summed E-state index contributed by atoms with van der Waals surface area (Å²) in [5.41, 5.74) is 0.0630. The summed E-state index contributed by atoms with van der Waals surface area (Å²) in [7, 11) is 0. The van der Waals surface area contributed by atoms with Gasteiger partial charge in [-0.3, -0.25) is 14.7 Å². The lowest BCUT2D eigenvalue weighted by atomic mass is 10.00. The first-order valence-corrected chi connectivity index (χ1v) is 9.60. The van der Waals surface area contributed by atoms with Crippen molar-refractivity contribution < 1.29 is 4.74 Å². The lowest BCUT2D eigenvalue weighted by molar-refractivity contribution is -0.0933. The molecule has 150 valence electrons. The highest BCUT2D eigenvalue weighted by atomic mass is 16.5. The van der Waals surface area contributed by atoms with Gasteiger partial charge in [-0.15, -0.1) is 0 Å². The average Bonchev–Trinajstić information content (AvgIpc) is 2.97. The molecule has 1 saturated heterocycles. The molecule has 2 unspecified atom stereocenters. The van der Waals surface area contributed by atoms with Gasteiger partial charge in [-0.2, -0.15) is 10.1 Å². The third kappa shape index (κ3) is 4.16. The summed E-state index contributed by atoms with van der Waals surface area (Å²) in [5.74, 6) is 0.473. The molecule has 3 rings (SSSR count). The summed E-state index contributed by atoms with van der Waals surface area (Å²) >= 11 is 0. The lowest BCUT2D eigenvalue weighted by Crippen LogP contribution is -2.57. The van der Waals surface area contributed by atoms with Crippen LogP contribution in [-0.4, -0.2) is 62.0 Å². The van der Waals surface area contributed by atoms with Crippen LogP contribution in [0.25, 0.3) is 11.0 Å². The number of ether oxygens (including phenoxy) is 1. The van der Waals surface area contributed by atoms with Crippen molar-refractivity contribution in [3.63, 3.8) is 0 Å². The van der Waals surface area contributed by atoms with E-state index >= 15 is 0 Å². The van der Waals surface area contributed by atoms with Crippen LogP contribution in [0.3, 0.4) is 0 Å². The molecule has 0 aromatic carbocycles. The molecule has 0 bridgehead atoms.